The zero-order valence-electron chi connectivity index (χ0n) is 8.27. The largest absolute Gasteiger partial charge is 0.374 e. The molecule has 0 aliphatic heterocycles. The van der Waals surface area contributed by atoms with Gasteiger partial charge in [0, 0.05) is 13.0 Å². The molecule has 0 aromatic heterocycles. The highest BCUT2D eigenvalue weighted by Gasteiger charge is 2.05. The Kier molecular flexibility index (Phi) is 7.50. The van der Waals surface area contributed by atoms with E-state index in [0.717, 1.165) is 13.0 Å². The molecule has 0 amide bonds. The molecular formula is C8H19BFNO. The summed E-state index contributed by atoms with van der Waals surface area (Å²) >= 11 is 0. The Labute approximate surface area is 75.2 Å². The average Bonchev–Trinajstić information content (AvgIpc) is 2.05. The van der Waals surface area contributed by atoms with E-state index >= 15 is 0 Å². The average molecular weight is 175 g/mol. The molecule has 72 valence electrons. The van der Waals surface area contributed by atoms with Gasteiger partial charge in [-0.15, -0.1) is 0 Å². The predicted octanol–water partition coefficient (Wildman–Crippen LogP) is 1.06. The first-order chi connectivity index (χ1) is 5.70. The van der Waals surface area contributed by atoms with Crippen molar-refractivity contribution in [3.63, 3.8) is 0 Å². The summed E-state index contributed by atoms with van der Waals surface area (Å²) in [4.78, 5) is 0. The van der Waals surface area contributed by atoms with Gasteiger partial charge in [0.25, 0.3) is 0 Å². The lowest BCUT2D eigenvalue weighted by molar-refractivity contribution is 0.00812. The van der Waals surface area contributed by atoms with Gasteiger partial charge in [-0.2, -0.15) is 0 Å². The van der Waals surface area contributed by atoms with Crippen molar-refractivity contribution in [1.82, 2.24) is 5.32 Å². The van der Waals surface area contributed by atoms with Crippen LogP contribution in [0.5, 0.6) is 0 Å². The number of hydrogen-bond donors (Lipinski definition) is 1. The maximum atomic E-state index is 11.7. The molecule has 2 nitrogen and oxygen atoms in total. The molecule has 0 saturated carbocycles. The summed E-state index contributed by atoms with van der Waals surface area (Å²) in [5.74, 6) is 0. The Bertz CT molecular complexity index is 105. The van der Waals surface area contributed by atoms with Gasteiger partial charge in [0.05, 0.1) is 12.2 Å². The molecule has 0 rings (SSSR count). The van der Waals surface area contributed by atoms with Crippen LogP contribution in [0.2, 0.25) is 0 Å². The van der Waals surface area contributed by atoms with Crippen molar-refractivity contribution in [3.8, 4) is 0 Å². The second-order valence-electron chi connectivity index (χ2n) is 3.06. The Morgan fingerprint density at radius 2 is 2.08 bits per heavy atom. The third-order valence-corrected chi connectivity index (χ3v) is 1.74. The molecule has 0 heterocycles. The normalized spacial score (nSPS) is 15.7. The zero-order valence-corrected chi connectivity index (χ0v) is 8.27. The highest BCUT2D eigenvalue weighted by atomic mass is 19.1. The van der Waals surface area contributed by atoms with Gasteiger partial charge in [0.1, 0.15) is 0 Å². The third kappa shape index (κ3) is 6.61. The van der Waals surface area contributed by atoms with Crippen molar-refractivity contribution < 1.29 is 9.05 Å². The van der Waals surface area contributed by atoms with E-state index in [2.05, 4.69) is 12.2 Å². The molecule has 0 radical (unpaired) electrons. The Morgan fingerprint density at radius 3 is 2.58 bits per heavy atom. The van der Waals surface area contributed by atoms with Crippen LogP contribution in [0, 0.1) is 0 Å². The highest BCUT2D eigenvalue weighted by molar-refractivity contribution is 6.26. The van der Waals surface area contributed by atoms with Gasteiger partial charge in [0.2, 0.25) is 0 Å². The van der Waals surface area contributed by atoms with E-state index in [0.29, 0.717) is 12.5 Å². The highest BCUT2D eigenvalue weighted by Crippen LogP contribution is 2.00. The Balaban J connectivity index is 3.26. The molecule has 0 unspecified atom stereocenters. The fourth-order valence-electron chi connectivity index (χ4n) is 0.913. The van der Waals surface area contributed by atoms with Crippen LogP contribution >= 0.6 is 0 Å². The number of halogens is 1. The van der Waals surface area contributed by atoms with Gasteiger partial charge >= 0.3 is 7.56 Å². The van der Waals surface area contributed by atoms with Crippen LogP contribution in [0.4, 0.5) is 4.32 Å². The first-order valence-corrected chi connectivity index (χ1v) is 4.62. The quantitative estimate of drug-likeness (QED) is 0.461. The van der Waals surface area contributed by atoms with Crippen molar-refractivity contribution in [3.05, 3.63) is 0 Å². The molecule has 12 heavy (non-hydrogen) atoms. The predicted molar refractivity (Wildman–Crippen MR) is 51.4 cm³/mol. The molecule has 0 fully saturated rings. The van der Waals surface area contributed by atoms with Gasteiger partial charge in [-0.05, 0) is 20.3 Å². The van der Waals surface area contributed by atoms with Gasteiger partial charge in [-0.3, -0.25) is 0 Å². The lowest BCUT2D eigenvalue weighted by Gasteiger charge is -2.17. The standard InChI is InChI=1S/C8H19BFNO/c1-4-7(2)12-8(3)5-11-6-9-10/h7-9,11H,4-6H2,1-3H3/t7-,8+/m1/s1. The number of hydrogen-bond acceptors (Lipinski definition) is 2. The lowest BCUT2D eigenvalue weighted by atomic mass is 10.1. The molecule has 2 atom stereocenters. The number of ether oxygens (including phenoxy) is 1. The van der Waals surface area contributed by atoms with E-state index in [1.807, 2.05) is 13.8 Å². The van der Waals surface area contributed by atoms with Crippen molar-refractivity contribution in [2.45, 2.75) is 39.4 Å². The summed E-state index contributed by atoms with van der Waals surface area (Å²) in [6.07, 6.45) is 1.92. The minimum absolute atomic E-state index is 0.173. The third-order valence-electron chi connectivity index (χ3n) is 1.74. The Morgan fingerprint density at radius 1 is 1.42 bits per heavy atom. The van der Waals surface area contributed by atoms with Crippen LogP contribution in [0.15, 0.2) is 0 Å². The molecule has 0 aromatic rings. The fourth-order valence-corrected chi connectivity index (χ4v) is 0.913. The summed E-state index contributed by atoms with van der Waals surface area (Å²) in [6.45, 7) is 6.86. The summed E-state index contributed by atoms with van der Waals surface area (Å²) in [5.41, 5.74) is 0. The van der Waals surface area contributed by atoms with Crippen LogP contribution in [-0.4, -0.2) is 32.8 Å². The van der Waals surface area contributed by atoms with Gasteiger partial charge in [-0.25, -0.2) is 0 Å². The Hall–Kier alpha value is -0.0851. The summed E-state index contributed by atoms with van der Waals surface area (Å²) < 4.78 is 17.2. The van der Waals surface area contributed by atoms with Crippen molar-refractivity contribution >= 4 is 7.56 Å². The van der Waals surface area contributed by atoms with E-state index in [-0.39, 0.29) is 13.7 Å². The molecule has 0 aromatic carbocycles. The summed E-state index contributed by atoms with van der Waals surface area (Å²) in [7, 11) is -0.309. The lowest BCUT2D eigenvalue weighted by Crippen LogP contribution is -2.31. The zero-order chi connectivity index (χ0) is 9.40. The first-order valence-electron chi connectivity index (χ1n) is 4.62. The van der Waals surface area contributed by atoms with Crippen LogP contribution in [0.25, 0.3) is 0 Å². The number of rotatable bonds is 7. The summed E-state index contributed by atoms with van der Waals surface area (Å²) in [6, 6.07) is 0. The maximum absolute atomic E-state index is 11.7. The fraction of sp³-hybridized carbons (Fsp3) is 1.00. The SMILES string of the molecule is CC[C@@H](C)O[C@@H](C)CNCBF. The molecular weight excluding hydrogens is 156 g/mol. The van der Waals surface area contributed by atoms with Crippen LogP contribution in [0.1, 0.15) is 27.2 Å². The molecule has 0 saturated heterocycles. The molecule has 0 aliphatic carbocycles. The van der Waals surface area contributed by atoms with E-state index in [9.17, 15) is 4.32 Å². The van der Waals surface area contributed by atoms with Gasteiger partial charge in [-0.1, -0.05) is 6.92 Å². The second kappa shape index (κ2) is 7.56. The van der Waals surface area contributed by atoms with E-state index in [4.69, 9.17) is 4.74 Å². The first kappa shape index (κ1) is 11.9. The molecule has 0 spiro atoms. The monoisotopic (exact) mass is 175 g/mol. The minimum atomic E-state index is -0.309. The van der Waals surface area contributed by atoms with Crippen LogP contribution in [-0.2, 0) is 4.74 Å². The maximum Gasteiger partial charge on any atom is 0.345 e. The topological polar surface area (TPSA) is 21.3 Å². The van der Waals surface area contributed by atoms with Crippen LogP contribution in [0.3, 0.4) is 0 Å². The van der Waals surface area contributed by atoms with Gasteiger partial charge < -0.3 is 14.4 Å². The second-order valence-corrected chi connectivity index (χ2v) is 3.06. The molecule has 1 N–H and O–H groups in total. The van der Waals surface area contributed by atoms with Gasteiger partial charge in [0.15, 0.2) is 0 Å². The smallest absolute Gasteiger partial charge is 0.345 e. The molecule has 4 heteroatoms. The van der Waals surface area contributed by atoms with Crippen LogP contribution < -0.4 is 5.32 Å². The number of nitrogens with one attached hydrogen (secondary N) is 1. The van der Waals surface area contributed by atoms with E-state index in [1.54, 1.807) is 0 Å². The molecule has 0 bridgehead atoms. The van der Waals surface area contributed by atoms with E-state index in [1.165, 1.54) is 0 Å². The van der Waals surface area contributed by atoms with Crippen molar-refractivity contribution in [1.29, 1.82) is 0 Å². The van der Waals surface area contributed by atoms with Crippen molar-refractivity contribution in [2.24, 2.45) is 0 Å². The van der Waals surface area contributed by atoms with Crippen molar-refractivity contribution in [2.75, 3.05) is 13.0 Å². The van der Waals surface area contributed by atoms with E-state index < -0.39 is 0 Å². The minimum Gasteiger partial charge on any atom is -0.374 e. The summed E-state index contributed by atoms with van der Waals surface area (Å²) in [5, 5.41) is 2.96. The molecule has 0 aliphatic rings.